The minimum atomic E-state index is -3.66. The van der Waals surface area contributed by atoms with Crippen molar-refractivity contribution in [2.75, 3.05) is 7.11 Å². The van der Waals surface area contributed by atoms with Crippen LogP contribution in [0.5, 0.6) is 5.88 Å². The summed E-state index contributed by atoms with van der Waals surface area (Å²) in [7, 11) is -2.28. The number of hydrogen-bond acceptors (Lipinski definition) is 5. The molecule has 0 amide bonds. The summed E-state index contributed by atoms with van der Waals surface area (Å²) in [6, 6.07) is 5.20. The van der Waals surface area contributed by atoms with Gasteiger partial charge in [0.2, 0.25) is 15.9 Å². The van der Waals surface area contributed by atoms with Crippen molar-refractivity contribution in [1.29, 1.82) is 0 Å². The van der Waals surface area contributed by atoms with E-state index in [4.69, 9.17) is 4.74 Å². The molecule has 1 N–H and O–H groups in total. The maximum atomic E-state index is 12.2. The third-order valence-electron chi connectivity index (χ3n) is 2.28. The average molecular weight is 363 g/mol. The summed E-state index contributed by atoms with van der Waals surface area (Å²) in [5, 5.41) is 1.89. The van der Waals surface area contributed by atoms with Gasteiger partial charge in [-0.2, -0.15) is 0 Å². The zero-order chi connectivity index (χ0) is 13.9. The van der Waals surface area contributed by atoms with Crippen molar-refractivity contribution >= 4 is 37.3 Å². The second-order valence-electron chi connectivity index (χ2n) is 3.56. The molecule has 0 aliphatic heterocycles. The quantitative estimate of drug-likeness (QED) is 0.886. The van der Waals surface area contributed by atoms with Gasteiger partial charge in [-0.25, -0.2) is 18.1 Å². The molecule has 0 spiro atoms. The molecule has 0 fully saturated rings. The fourth-order valence-electron chi connectivity index (χ4n) is 1.41. The lowest BCUT2D eigenvalue weighted by atomic mass is 10.5. The van der Waals surface area contributed by atoms with E-state index in [0.29, 0.717) is 4.47 Å². The lowest BCUT2D eigenvalue weighted by Crippen LogP contribution is -2.23. The van der Waals surface area contributed by atoms with E-state index in [0.717, 1.165) is 4.88 Å². The summed E-state index contributed by atoms with van der Waals surface area (Å²) in [6.45, 7) is 0.246. The normalized spacial score (nSPS) is 11.5. The van der Waals surface area contributed by atoms with Crippen molar-refractivity contribution in [3.8, 4) is 5.88 Å². The van der Waals surface area contributed by atoms with Crippen molar-refractivity contribution < 1.29 is 13.2 Å². The van der Waals surface area contributed by atoms with E-state index in [1.54, 1.807) is 0 Å². The van der Waals surface area contributed by atoms with Gasteiger partial charge >= 0.3 is 0 Å². The van der Waals surface area contributed by atoms with Crippen molar-refractivity contribution in [2.45, 2.75) is 11.4 Å². The van der Waals surface area contributed by atoms with Gasteiger partial charge in [-0.1, -0.05) is 6.07 Å². The largest absolute Gasteiger partial charge is 0.480 e. The monoisotopic (exact) mass is 362 g/mol. The first-order valence-corrected chi connectivity index (χ1v) is 8.40. The van der Waals surface area contributed by atoms with Crippen LogP contribution in [-0.2, 0) is 16.6 Å². The van der Waals surface area contributed by atoms with E-state index in [-0.39, 0.29) is 17.3 Å². The molecule has 0 aliphatic rings. The SMILES string of the molecule is COc1ncc(Br)cc1S(=O)(=O)NCc1cccs1. The second-order valence-corrected chi connectivity index (χ2v) is 7.25. The third kappa shape index (κ3) is 3.53. The van der Waals surface area contributed by atoms with E-state index < -0.39 is 10.0 Å². The second kappa shape index (κ2) is 6.00. The third-order valence-corrected chi connectivity index (χ3v) is 4.99. The van der Waals surface area contributed by atoms with Gasteiger partial charge in [0.05, 0.1) is 7.11 Å². The molecular formula is C11H11BrN2O3S2. The van der Waals surface area contributed by atoms with E-state index in [9.17, 15) is 8.42 Å². The van der Waals surface area contributed by atoms with E-state index in [1.165, 1.54) is 30.7 Å². The number of thiophene rings is 1. The summed E-state index contributed by atoms with van der Waals surface area (Å²) in [4.78, 5) is 4.87. The fraction of sp³-hybridized carbons (Fsp3) is 0.182. The average Bonchev–Trinajstić information content (AvgIpc) is 2.89. The van der Waals surface area contributed by atoms with Gasteiger partial charge in [-0.05, 0) is 33.4 Å². The van der Waals surface area contributed by atoms with Crippen LogP contribution in [0.15, 0.2) is 39.1 Å². The molecule has 0 bridgehead atoms. The van der Waals surface area contributed by atoms with Gasteiger partial charge < -0.3 is 4.74 Å². The number of sulfonamides is 1. The molecule has 0 aliphatic carbocycles. The Hall–Kier alpha value is -0.960. The van der Waals surface area contributed by atoms with Gasteiger partial charge in [0, 0.05) is 22.1 Å². The zero-order valence-electron chi connectivity index (χ0n) is 9.96. The summed E-state index contributed by atoms with van der Waals surface area (Å²) < 4.78 is 32.5. The maximum absolute atomic E-state index is 12.2. The molecular weight excluding hydrogens is 352 g/mol. The highest BCUT2D eigenvalue weighted by Crippen LogP contribution is 2.24. The zero-order valence-corrected chi connectivity index (χ0v) is 13.2. The first-order chi connectivity index (χ1) is 9.03. The van der Waals surface area contributed by atoms with Crippen LogP contribution >= 0.6 is 27.3 Å². The Balaban J connectivity index is 2.26. The minimum Gasteiger partial charge on any atom is -0.480 e. The molecule has 0 atom stereocenters. The van der Waals surface area contributed by atoms with E-state index in [1.807, 2.05) is 17.5 Å². The Bertz CT molecular complexity index is 657. The summed E-state index contributed by atoms with van der Waals surface area (Å²) in [6.07, 6.45) is 1.48. The number of nitrogens with zero attached hydrogens (tertiary/aromatic N) is 1. The Morgan fingerprint density at radius 3 is 2.95 bits per heavy atom. The van der Waals surface area contributed by atoms with Crippen LogP contribution in [0.3, 0.4) is 0 Å². The number of aromatic nitrogens is 1. The maximum Gasteiger partial charge on any atom is 0.246 e. The molecule has 0 saturated heterocycles. The van der Waals surface area contributed by atoms with Crippen molar-refractivity contribution in [3.05, 3.63) is 39.1 Å². The fourth-order valence-corrected chi connectivity index (χ4v) is 3.78. The lowest BCUT2D eigenvalue weighted by Gasteiger charge is -2.09. The smallest absolute Gasteiger partial charge is 0.246 e. The predicted molar refractivity (Wildman–Crippen MR) is 76.8 cm³/mol. The molecule has 0 unspecified atom stereocenters. The molecule has 2 aromatic heterocycles. The molecule has 0 saturated carbocycles. The molecule has 2 rings (SSSR count). The van der Waals surface area contributed by atoms with Gasteiger partial charge in [0.1, 0.15) is 4.90 Å². The van der Waals surface area contributed by atoms with Crippen molar-refractivity contribution in [2.24, 2.45) is 0 Å². The van der Waals surface area contributed by atoms with Crippen LogP contribution in [0.4, 0.5) is 0 Å². The summed E-state index contributed by atoms with van der Waals surface area (Å²) >= 11 is 4.69. The highest BCUT2D eigenvalue weighted by Gasteiger charge is 2.21. The summed E-state index contributed by atoms with van der Waals surface area (Å²) in [5.74, 6) is 0.0712. The predicted octanol–water partition coefficient (Wildman–Crippen LogP) is 2.39. The van der Waals surface area contributed by atoms with Gasteiger partial charge in [0.15, 0.2) is 0 Å². The Labute approximate surface area is 123 Å². The topological polar surface area (TPSA) is 68.3 Å². The highest BCUT2D eigenvalue weighted by atomic mass is 79.9. The lowest BCUT2D eigenvalue weighted by molar-refractivity contribution is 0.384. The molecule has 0 aromatic carbocycles. The van der Waals surface area contributed by atoms with Gasteiger partial charge in [-0.15, -0.1) is 11.3 Å². The van der Waals surface area contributed by atoms with Gasteiger partial charge in [-0.3, -0.25) is 0 Å². The van der Waals surface area contributed by atoms with Crippen LogP contribution in [-0.4, -0.2) is 20.5 Å². The number of ether oxygens (including phenoxy) is 1. The van der Waals surface area contributed by atoms with Crippen LogP contribution in [0.25, 0.3) is 0 Å². The van der Waals surface area contributed by atoms with Crippen molar-refractivity contribution in [3.63, 3.8) is 0 Å². The Morgan fingerprint density at radius 2 is 2.32 bits per heavy atom. The van der Waals surface area contributed by atoms with Crippen LogP contribution < -0.4 is 9.46 Å². The molecule has 19 heavy (non-hydrogen) atoms. The van der Waals surface area contributed by atoms with E-state index in [2.05, 4.69) is 25.6 Å². The highest BCUT2D eigenvalue weighted by molar-refractivity contribution is 9.10. The van der Waals surface area contributed by atoms with Gasteiger partial charge in [0.25, 0.3) is 0 Å². The van der Waals surface area contributed by atoms with Crippen LogP contribution in [0.2, 0.25) is 0 Å². The molecule has 5 nitrogen and oxygen atoms in total. The number of hydrogen-bond donors (Lipinski definition) is 1. The molecule has 2 heterocycles. The first-order valence-electron chi connectivity index (χ1n) is 5.24. The molecule has 2 aromatic rings. The van der Waals surface area contributed by atoms with E-state index >= 15 is 0 Å². The summed E-state index contributed by atoms with van der Waals surface area (Å²) in [5.41, 5.74) is 0. The standard InChI is InChI=1S/C11H11BrN2O3S2/c1-17-11-10(5-8(12)6-13-11)19(15,16)14-7-9-3-2-4-18-9/h2-6,14H,7H2,1H3. The molecule has 8 heteroatoms. The Morgan fingerprint density at radius 1 is 1.53 bits per heavy atom. The number of rotatable bonds is 5. The minimum absolute atomic E-state index is 0.0148. The first kappa shape index (κ1) is 14.4. The number of halogens is 1. The van der Waals surface area contributed by atoms with Crippen molar-refractivity contribution in [1.82, 2.24) is 9.71 Å². The number of pyridine rings is 1. The number of methoxy groups -OCH3 is 1. The molecule has 0 radical (unpaired) electrons. The molecule has 102 valence electrons. The van der Waals surface area contributed by atoms with Crippen LogP contribution in [0.1, 0.15) is 4.88 Å². The Kier molecular flexibility index (Phi) is 4.56. The van der Waals surface area contributed by atoms with Crippen LogP contribution in [0, 0.1) is 0 Å². The number of nitrogens with one attached hydrogen (secondary N) is 1.